The van der Waals surface area contributed by atoms with Crippen LogP contribution in [0.1, 0.15) is 41.6 Å². The summed E-state index contributed by atoms with van der Waals surface area (Å²) in [6, 6.07) is 7.19. The predicted octanol–water partition coefficient (Wildman–Crippen LogP) is 0.801. The third-order valence-electron chi connectivity index (χ3n) is 6.32. The van der Waals surface area contributed by atoms with Crippen molar-refractivity contribution in [3.63, 3.8) is 0 Å². The van der Waals surface area contributed by atoms with Crippen LogP contribution in [0.5, 0.6) is 0 Å². The van der Waals surface area contributed by atoms with E-state index in [-0.39, 0.29) is 36.5 Å². The highest BCUT2D eigenvalue weighted by atomic mass is 32.2. The molecular formula is C26H40N4O7S. The van der Waals surface area contributed by atoms with Gasteiger partial charge in [-0.2, -0.15) is 11.8 Å². The van der Waals surface area contributed by atoms with Gasteiger partial charge in [0.15, 0.2) is 0 Å². The number of unbranched alkanes of at least 4 members (excludes halogenated alkanes) is 1. The van der Waals surface area contributed by atoms with E-state index >= 15 is 0 Å². The van der Waals surface area contributed by atoms with Crippen molar-refractivity contribution in [3.8, 4) is 0 Å². The van der Waals surface area contributed by atoms with E-state index in [0.717, 1.165) is 30.6 Å². The van der Waals surface area contributed by atoms with Gasteiger partial charge in [-0.05, 0) is 30.5 Å². The maximum Gasteiger partial charge on any atom is 0.315 e. The fourth-order valence-corrected chi connectivity index (χ4v) is 5.81. The molecule has 212 valence electrons. The molecule has 0 saturated carbocycles. The summed E-state index contributed by atoms with van der Waals surface area (Å²) in [5.41, 5.74) is 1.30. The molecule has 2 saturated heterocycles. The number of aliphatic hydroxyl groups excluding tert-OH is 1. The molecule has 2 heterocycles. The van der Waals surface area contributed by atoms with E-state index in [2.05, 4.69) is 21.3 Å². The van der Waals surface area contributed by atoms with Gasteiger partial charge >= 0.3 is 6.03 Å². The molecule has 4 amide bonds. The monoisotopic (exact) mass is 552 g/mol. The van der Waals surface area contributed by atoms with E-state index in [4.69, 9.17) is 19.3 Å². The lowest BCUT2D eigenvalue weighted by atomic mass is 10.0. The molecule has 12 heteroatoms. The highest BCUT2D eigenvalue weighted by Crippen LogP contribution is 2.33. The van der Waals surface area contributed by atoms with Crippen molar-refractivity contribution in [1.29, 1.82) is 0 Å². The number of nitrogens with one attached hydrogen (secondary N) is 4. The van der Waals surface area contributed by atoms with Crippen LogP contribution in [0.2, 0.25) is 0 Å². The lowest BCUT2D eigenvalue weighted by Crippen LogP contribution is -2.36. The number of thioether (sulfide) groups is 1. The molecule has 3 atom stereocenters. The summed E-state index contributed by atoms with van der Waals surface area (Å²) >= 11 is 1.90. The minimum atomic E-state index is -0.182. The standard InChI is InChI=1S/C26H40N4O7S/c31-17-19-5-7-20(8-6-19)25(33)28-10-12-36-14-16-37-15-13-35-11-9-27-23(32)4-2-1-3-22-24-21(18-38-22)29-26(34)30-24/h5-8,21-22,24,31H,1-4,9-18H2,(H,27,32)(H,28,33)(H2,29,30,34)/t21-,22-,24-/m0/s1. The molecular weight excluding hydrogens is 512 g/mol. The summed E-state index contributed by atoms with van der Waals surface area (Å²) in [5.74, 6) is 0.808. The maximum absolute atomic E-state index is 12.0. The van der Waals surface area contributed by atoms with Crippen LogP contribution in [-0.4, -0.2) is 98.8 Å². The van der Waals surface area contributed by atoms with Gasteiger partial charge in [-0.3, -0.25) is 9.59 Å². The van der Waals surface area contributed by atoms with Crippen LogP contribution in [0.15, 0.2) is 24.3 Å². The van der Waals surface area contributed by atoms with Gasteiger partial charge in [-0.25, -0.2) is 4.79 Å². The van der Waals surface area contributed by atoms with Crippen LogP contribution in [-0.2, 0) is 25.6 Å². The Bertz CT molecular complexity index is 874. The highest BCUT2D eigenvalue weighted by Gasteiger charge is 2.42. The SMILES string of the molecule is O=C(CCCC[C@@H]1SC[C@@H]2NC(=O)N[C@@H]21)NCCOCCOCCOCCNC(=O)c1ccc(CO)cc1. The van der Waals surface area contributed by atoms with E-state index in [0.29, 0.717) is 70.0 Å². The molecule has 1 aromatic carbocycles. The van der Waals surface area contributed by atoms with Crippen molar-refractivity contribution in [2.45, 2.75) is 49.6 Å². The Morgan fingerprint density at radius 3 is 2.26 bits per heavy atom. The minimum absolute atomic E-state index is 0.0329. The van der Waals surface area contributed by atoms with Gasteiger partial charge in [0.05, 0.1) is 58.3 Å². The molecule has 2 aliphatic rings. The van der Waals surface area contributed by atoms with E-state index in [1.165, 1.54) is 0 Å². The largest absolute Gasteiger partial charge is 0.392 e. The summed E-state index contributed by atoms with van der Waals surface area (Å²) in [6.45, 7) is 3.37. The number of hydrogen-bond acceptors (Lipinski definition) is 8. The number of fused-ring (bicyclic) bond motifs is 1. The molecule has 0 spiro atoms. The summed E-state index contributed by atoms with van der Waals surface area (Å²) in [4.78, 5) is 35.4. The Kier molecular flexibility index (Phi) is 13.7. The van der Waals surface area contributed by atoms with Crippen LogP contribution in [0.25, 0.3) is 0 Å². The first-order chi connectivity index (χ1) is 18.6. The van der Waals surface area contributed by atoms with Crippen molar-refractivity contribution in [3.05, 3.63) is 35.4 Å². The number of carbonyl (C=O) groups is 3. The van der Waals surface area contributed by atoms with Crippen molar-refractivity contribution >= 4 is 29.6 Å². The van der Waals surface area contributed by atoms with Crippen LogP contribution in [0.4, 0.5) is 4.79 Å². The third-order valence-corrected chi connectivity index (χ3v) is 7.83. The fourth-order valence-electron chi connectivity index (χ4n) is 4.27. The number of hydrogen-bond donors (Lipinski definition) is 5. The van der Waals surface area contributed by atoms with Crippen molar-refractivity contribution < 1.29 is 33.7 Å². The molecule has 0 aromatic heterocycles. The fraction of sp³-hybridized carbons (Fsp3) is 0.654. The maximum atomic E-state index is 12.0. The first-order valence-electron chi connectivity index (χ1n) is 13.2. The van der Waals surface area contributed by atoms with Gasteiger partial charge in [0.2, 0.25) is 5.91 Å². The van der Waals surface area contributed by atoms with Crippen LogP contribution >= 0.6 is 11.8 Å². The molecule has 2 fully saturated rings. The second-order valence-electron chi connectivity index (χ2n) is 9.17. The quantitative estimate of drug-likeness (QED) is 0.125. The van der Waals surface area contributed by atoms with E-state index < -0.39 is 0 Å². The van der Waals surface area contributed by atoms with Crippen molar-refractivity contribution in [2.24, 2.45) is 0 Å². The first kappa shape index (κ1) is 30.2. The first-order valence-corrected chi connectivity index (χ1v) is 14.3. The normalized spacial score (nSPS) is 20.0. The Morgan fingerprint density at radius 2 is 1.58 bits per heavy atom. The Hall–Kier alpha value is -2.38. The summed E-state index contributed by atoms with van der Waals surface area (Å²) in [5, 5.41) is 21.0. The zero-order valence-corrected chi connectivity index (χ0v) is 22.6. The molecule has 38 heavy (non-hydrogen) atoms. The van der Waals surface area contributed by atoms with E-state index in [1.54, 1.807) is 24.3 Å². The summed E-state index contributed by atoms with van der Waals surface area (Å²) in [7, 11) is 0. The number of amides is 4. The Balaban J connectivity index is 1.04. The van der Waals surface area contributed by atoms with Gasteiger partial charge in [-0.15, -0.1) is 0 Å². The van der Waals surface area contributed by atoms with Gasteiger partial charge in [-0.1, -0.05) is 18.6 Å². The number of urea groups is 1. The molecule has 0 aliphatic carbocycles. The molecule has 11 nitrogen and oxygen atoms in total. The lowest BCUT2D eigenvalue weighted by molar-refractivity contribution is -0.121. The zero-order chi connectivity index (χ0) is 27.0. The topological polar surface area (TPSA) is 147 Å². The van der Waals surface area contributed by atoms with E-state index in [1.807, 2.05) is 11.8 Å². The smallest absolute Gasteiger partial charge is 0.315 e. The summed E-state index contributed by atoms with van der Waals surface area (Å²) < 4.78 is 16.4. The van der Waals surface area contributed by atoms with Gasteiger partial charge < -0.3 is 40.6 Å². The number of ether oxygens (including phenoxy) is 3. The number of carbonyl (C=O) groups excluding carboxylic acids is 3. The zero-order valence-electron chi connectivity index (χ0n) is 21.7. The Labute approximate surface area is 228 Å². The van der Waals surface area contributed by atoms with Crippen molar-refractivity contribution in [1.82, 2.24) is 21.3 Å². The highest BCUT2D eigenvalue weighted by molar-refractivity contribution is 8.00. The number of benzene rings is 1. The Morgan fingerprint density at radius 1 is 0.921 bits per heavy atom. The van der Waals surface area contributed by atoms with Crippen molar-refractivity contribution in [2.75, 3.05) is 58.5 Å². The molecule has 2 aliphatic heterocycles. The van der Waals surface area contributed by atoms with Gasteiger partial charge in [0, 0.05) is 36.1 Å². The van der Waals surface area contributed by atoms with Crippen LogP contribution in [0.3, 0.4) is 0 Å². The molecule has 0 unspecified atom stereocenters. The third kappa shape index (κ3) is 10.8. The van der Waals surface area contributed by atoms with Crippen LogP contribution < -0.4 is 21.3 Å². The molecule has 3 rings (SSSR count). The van der Waals surface area contributed by atoms with E-state index in [9.17, 15) is 14.4 Å². The molecule has 1 aromatic rings. The lowest BCUT2D eigenvalue weighted by Gasteiger charge is -2.16. The second kappa shape index (κ2) is 17.3. The minimum Gasteiger partial charge on any atom is -0.392 e. The summed E-state index contributed by atoms with van der Waals surface area (Å²) in [6.07, 6.45) is 3.31. The molecule has 0 radical (unpaired) electrons. The average molecular weight is 553 g/mol. The second-order valence-corrected chi connectivity index (χ2v) is 10.4. The number of aliphatic hydroxyl groups is 1. The molecule has 5 N–H and O–H groups in total. The number of rotatable bonds is 19. The molecule has 0 bridgehead atoms. The van der Waals surface area contributed by atoms with Gasteiger partial charge in [0.25, 0.3) is 5.91 Å². The average Bonchev–Trinajstić information content (AvgIpc) is 3.48. The van der Waals surface area contributed by atoms with Gasteiger partial charge in [0.1, 0.15) is 0 Å². The van der Waals surface area contributed by atoms with Crippen LogP contribution in [0, 0.1) is 0 Å². The predicted molar refractivity (Wildman–Crippen MR) is 144 cm³/mol.